The molecule has 6 heteroatoms. The maximum Gasteiger partial charge on any atom is 0.299 e. The van der Waals surface area contributed by atoms with E-state index in [0.717, 1.165) is 4.67 Å². The highest BCUT2D eigenvalue weighted by atomic mass is 31.2. The van der Waals surface area contributed by atoms with Crippen LogP contribution in [0.4, 0.5) is 0 Å². The van der Waals surface area contributed by atoms with E-state index in [1.165, 1.54) is 0 Å². The summed E-state index contributed by atoms with van der Waals surface area (Å²) < 4.78 is 11.6. The zero-order chi connectivity index (χ0) is 10.6. The Bertz CT molecular complexity index is 211. The molecule has 2 amide bonds. The highest BCUT2D eigenvalue weighted by Gasteiger charge is 2.37. The Morgan fingerprint density at radius 2 is 1.57 bits per heavy atom. The first-order valence-corrected chi connectivity index (χ1v) is 5.75. The van der Waals surface area contributed by atoms with E-state index >= 15 is 0 Å². The smallest absolute Gasteiger partial charge is 0.299 e. The van der Waals surface area contributed by atoms with E-state index in [0.29, 0.717) is 13.2 Å². The first-order chi connectivity index (χ1) is 6.70. The predicted molar refractivity (Wildman–Crippen MR) is 51.3 cm³/mol. The Morgan fingerprint density at radius 1 is 1.14 bits per heavy atom. The van der Waals surface area contributed by atoms with Crippen molar-refractivity contribution in [2.75, 3.05) is 13.2 Å². The fourth-order valence-corrected chi connectivity index (χ4v) is 2.43. The minimum atomic E-state index is -1.51. The number of nitrogens with zero attached hydrogens (tertiary/aromatic N) is 1. The summed E-state index contributed by atoms with van der Waals surface area (Å²) in [6.45, 7) is 4.48. The third kappa shape index (κ3) is 2.50. The summed E-state index contributed by atoms with van der Waals surface area (Å²) >= 11 is 0. The topological polar surface area (TPSA) is 55.8 Å². The number of rotatable bonds is 5. The average molecular weight is 219 g/mol. The molecule has 1 aliphatic heterocycles. The summed E-state index contributed by atoms with van der Waals surface area (Å²) in [6, 6.07) is 0. The number of hydrogen-bond donors (Lipinski definition) is 0. The quantitative estimate of drug-likeness (QED) is 0.518. The second-order valence-corrected chi connectivity index (χ2v) is 4.06. The standard InChI is InChI=1S/C8H14NO4P/c1-3-12-14(13-4-2)9-7(10)5-6-8(9)11/h3-6H2,1-2H3. The Morgan fingerprint density at radius 3 is 1.93 bits per heavy atom. The molecular formula is C8H14NO4P. The molecule has 0 unspecified atom stereocenters. The van der Waals surface area contributed by atoms with Crippen molar-refractivity contribution >= 4 is 20.3 Å². The molecule has 5 nitrogen and oxygen atoms in total. The lowest BCUT2D eigenvalue weighted by Gasteiger charge is -2.22. The van der Waals surface area contributed by atoms with Gasteiger partial charge in [0, 0.05) is 12.8 Å². The van der Waals surface area contributed by atoms with Crippen LogP contribution in [-0.2, 0) is 18.6 Å². The Hall–Kier alpha value is -0.510. The van der Waals surface area contributed by atoms with Crippen LogP contribution in [0, 0.1) is 0 Å². The van der Waals surface area contributed by atoms with Crippen LogP contribution in [0.1, 0.15) is 26.7 Å². The SMILES string of the molecule is CCOP(OCC)N1C(=O)CCC1=O. The number of amides is 2. The van der Waals surface area contributed by atoms with E-state index in [-0.39, 0.29) is 24.7 Å². The van der Waals surface area contributed by atoms with Gasteiger partial charge in [0.1, 0.15) is 0 Å². The monoisotopic (exact) mass is 219 g/mol. The zero-order valence-corrected chi connectivity index (χ0v) is 9.25. The van der Waals surface area contributed by atoms with Crippen molar-refractivity contribution in [3.63, 3.8) is 0 Å². The van der Waals surface area contributed by atoms with Crippen LogP contribution in [0.3, 0.4) is 0 Å². The lowest BCUT2D eigenvalue weighted by molar-refractivity contribution is -0.133. The molecule has 14 heavy (non-hydrogen) atoms. The van der Waals surface area contributed by atoms with E-state index in [2.05, 4.69) is 0 Å². The lowest BCUT2D eigenvalue weighted by Crippen LogP contribution is -2.25. The molecule has 1 fully saturated rings. The fourth-order valence-electron chi connectivity index (χ4n) is 1.12. The van der Waals surface area contributed by atoms with E-state index in [1.54, 1.807) is 13.8 Å². The molecule has 0 spiro atoms. The number of imide groups is 1. The van der Waals surface area contributed by atoms with Crippen molar-refractivity contribution in [1.82, 2.24) is 4.67 Å². The number of carbonyl (C=O) groups is 2. The summed E-state index contributed by atoms with van der Waals surface area (Å²) in [5, 5.41) is 0. The normalized spacial score (nSPS) is 17.2. The maximum atomic E-state index is 11.3. The van der Waals surface area contributed by atoms with Gasteiger partial charge in [-0.15, -0.1) is 0 Å². The second-order valence-electron chi connectivity index (χ2n) is 2.67. The zero-order valence-electron chi connectivity index (χ0n) is 8.36. The van der Waals surface area contributed by atoms with E-state index < -0.39 is 8.53 Å². The van der Waals surface area contributed by atoms with Gasteiger partial charge >= 0.3 is 0 Å². The van der Waals surface area contributed by atoms with Crippen LogP contribution < -0.4 is 0 Å². The van der Waals surface area contributed by atoms with Crippen LogP contribution in [0.2, 0.25) is 0 Å². The highest BCUT2D eigenvalue weighted by Crippen LogP contribution is 2.45. The van der Waals surface area contributed by atoms with Gasteiger partial charge in [0.2, 0.25) is 11.8 Å². The summed E-state index contributed by atoms with van der Waals surface area (Å²) in [5.41, 5.74) is 0. The average Bonchev–Trinajstić information content (AvgIpc) is 2.46. The molecule has 0 saturated carbocycles. The van der Waals surface area contributed by atoms with Crippen LogP contribution in [0.15, 0.2) is 0 Å². The van der Waals surface area contributed by atoms with Crippen LogP contribution in [0.5, 0.6) is 0 Å². The molecule has 1 rings (SSSR count). The van der Waals surface area contributed by atoms with Crippen molar-refractivity contribution in [2.24, 2.45) is 0 Å². The van der Waals surface area contributed by atoms with E-state index in [1.807, 2.05) is 0 Å². The molecule has 0 aromatic carbocycles. The minimum Gasteiger partial charge on any atom is -0.317 e. The molecule has 0 bridgehead atoms. The number of carbonyl (C=O) groups excluding carboxylic acids is 2. The summed E-state index contributed by atoms with van der Waals surface area (Å²) in [7, 11) is -1.51. The van der Waals surface area contributed by atoms with Gasteiger partial charge in [-0.3, -0.25) is 9.59 Å². The van der Waals surface area contributed by atoms with Gasteiger partial charge in [-0.25, -0.2) is 4.67 Å². The first-order valence-electron chi connectivity index (χ1n) is 4.62. The van der Waals surface area contributed by atoms with Gasteiger partial charge in [0.25, 0.3) is 8.53 Å². The van der Waals surface area contributed by atoms with Crippen molar-refractivity contribution in [1.29, 1.82) is 0 Å². The van der Waals surface area contributed by atoms with Crippen molar-refractivity contribution in [2.45, 2.75) is 26.7 Å². The minimum absolute atomic E-state index is 0.192. The van der Waals surface area contributed by atoms with Gasteiger partial charge in [-0.05, 0) is 13.8 Å². The largest absolute Gasteiger partial charge is 0.317 e. The fraction of sp³-hybridized carbons (Fsp3) is 0.750. The molecule has 1 aliphatic rings. The molecule has 80 valence electrons. The van der Waals surface area contributed by atoms with E-state index in [9.17, 15) is 9.59 Å². The van der Waals surface area contributed by atoms with Gasteiger partial charge in [-0.1, -0.05) is 0 Å². The molecule has 0 aromatic rings. The highest BCUT2D eigenvalue weighted by molar-refractivity contribution is 7.46. The molecule has 0 atom stereocenters. The Labute approximate surface area is 84.3 Å². The summed E-state index contributed by atoms with van der Waals surface area (Å²) in [4.78, 5) is 22.7. The first kappa shape index (κ1) is 11.6. The molecular weight excluding hydrogens is 205 g/mol. The van der Waals surface area contributed by atoms with Gasteiger partial charge in [-0.2, -0.15) is 0 Å². The molecule has 0 N–H and O–H groups in total. The van der Waals surface area contributed by atoms with Gasteiger partial charge in [0.15, 0.2) is 0 Å². The van der Waals surface area contributed by atoms with Gasteiger partial charge < -0.3 is 9.05 Å². The number of hydrogen-bond acceptors (Lipinski definition) is 4. The van der Waals surface area contributed by atoms with Crippen LogP contribution in [-0.4, -0.2) is 29.7 Å². The Kier molecular flexibility index (Phi) is 4.45. The van der Waals surface area contributed by atoms with Crippen molar-refractivity contribution in [3.8, 4) is 0 Å². The molecule has 0 aromatic heterocycles. The van der Waals surface area contributed by atoms with Crippen LogP contribution in [0.25, 0.3) is 0 Å². The van der Waals surface area contributed by atoms with Gasteiger partial charge in [0.05, 0.1) is 13.2 Å². The van der Waals surface area contributed by atoms with Crippen molar-refractivity contribution < 1.29 is 18.6 Å². The molecule has 0 aliphatic carbocycles. The van der Waals surface area contributed by atoms with Crippen molar-refractivity contribution in [3.05, 3.63) is 0 Å². The third-order valence-electron chi connectivity index (χ3n) is 1.67. The van der Waals surface area contributed by atoms with E-state index in [4.69, 9.17) is 9.05 Å². The summed E-state index contributed by atoms with van der Waals surface area (Å²) in [6.07, 6.45) is 0.551. The third-order valence-corrected chi connectivity index (χ3v) is 3.40. The lowest BCUT2D eigenvalue weighted by atomic mass is 10.4. The van der Waals surface area contributed by atoms with Crippen LogP contribution >= 0.6 is 8.53 Å². The second kappa shape index (κ2) is 5.39. The Balaban J connectivity index is 2.65. The summed E-state index contributed by atoms with van der Waals surface area (Å²) in [5.74, 6) is -0.383. The maximum absolute atomic E-state index is 11.3. The molecule has 1 heterocycles. The predicted octanol–water partition coefficient (Wildman–Crippen LogP) is 1.44. The molecule has 0 radical (unpaired) electrons. The molecule has 1 saturated heterocycles.